The van der Waals surface area contributed by atoms with Crippen LogP contribution in [-0.4, -0.2) is 62.2 Å². The Balaban J connectivity index is 1.29. The molecule has 1 aromatic heterocycles. The predicted molar refractivity (Wildman–Crippen MR) is 112 cm³/mol. The zero-order valence-corrected chi connectivity index (χ0v) is 17.5. The molecule has 2 N–H and O–H groups in total. The number of hydrogen-bond donors (Lipinski definition) is 2. The summed E-state index contributed by atoms with van der Waals surface area (Å²) < 4.78 is 16.5. The third kappa shape index (κ3) is 7.30. The Morgan fingerprint density at radius 3 is 3.03 bits per heavy atom. The van der Waals surface area contributed by atoms with Crippen LogP contribution in [0.1, 0.15) is 25.2 Å². The second kappa shape index (κ2) is 11.7. The molecule has 3 rings (SSSR count). The number of hydrogen-bond acceptors (Lipinski definition) is 6. The Morgan fingerprint density at radius 1 is 1.34 bits per heavy atom. The number of guanidine groups is 1. The van der Waals surface area contributed by atoms with E-state index in [1.165, 1.54) is 0 Å². The zero-order valence-electron chi connectivity index (χ0n) is 16.7. The van der Waals surface area contributed by atoms with Crippen molar-refractivity contribution in [1.82, 2.24) is 20.8 Å². The molecule has 1 saturated heterocycles. The maximum Gasteiger partial charge on any atom is 0.228 e. The first-order valence-electron chi connectivity index (χ1n) is 9.97. The summed E-state index contributed by atoms with van der Waals surface area (Å²) in [6, 6.07) is 7.38. The molecule has 1 atom stereocenters. The van der Waals surface area contributed by atoms with Gasteiger partial charge in [-0.05, 0) is 31.4 Å². The number of rotatable bonds is 10. The molecule has 9 heteroatoms. The second-order valence-corrected chi connectivity index (χ2v) is 7.20. The first kappa shape index (κ1) is 21.5. The number of aromatic nitrogens is 2. The van der Waals surface area contributed by atoms with E-state index < -0.39 is 0 Å². The van der Waals surface area contributed by atoms with Gasteiger partial charge in [0.05, 0.1) is 12.7 Å². The van der Waals surface area contributed by atoms with Crippen molar-refractivity contribution in [2.24, 2.45) is 4.99 Å². The number of aliphatic imine (C=N–C) groups is 1. The quantitative estimate of drug-likeness (QED) is 0.346. The van der Waals surface area contributed by atoms with Crippen molar-refractivity contribution < 1.29 is 14.0 Å². The highest BCUT2D eigenvalue weighted by Gasteiger charge is 2.15. The Labute approximate surface area is 176 Å². The average molecular weight is 422 g/mol. The van der Waals surface area contributed by atoms with Crippen LogP contribution in [0.4, 0.5) is 0 Å². The lowest BCUT2D eigenvalue weighted by atomic mass is 10.2. The van der Waals surface area contributed by atoms with E-state index in [2.05, 4.69) is 25.8 Å². The molecule has 0 radical (unpaired) electrons. The molecule has 158 valence electrons. The van der Waals surface area contributed by atoms with E-state index in [0.717, 1.165) is 43.9 Å². The summed E-state index contributed by atoms with van der Waals surface area (Å²) in [5.41, 5.74) is 0.833. The van der Waals surface area contributed by atoms with Crippen molar-refractivity contribution in [3.05, 3.63) is 35.2 Å². The molecule has 2 heterocycles. The van der Waals surface area contributed by atoms with Crippen LogP contribution in [0, 0.1) is 0 Å². The summed E-state index contributed by atoms with van der Waals surface area (Å²) in [6.07, 6.45) is 4.03. The van der Waals surface area contributed by atoms with Gasteiger partial charge in [-0.3, -0.25) is 4.99 Å². The Bertz CT molecular complexity index is 777. The molecule has 2 aromatic rings. The van der Waals surface area contributed by atoms with E-state index >= 15 is 0 Å². The van der Waals surface area contributed by atoms with Crippen LogP contribution >= 0.6 is 11.6 Å². The minimum Gasteiger partial charge on any atom is -0.379 e. The third-order valence-electron chi connectivity index (χ3n) is 4.49. The largest absolute Gasteiger partial charge is 0.379 e. The highest BCUT2D eigenvalue weighted by atomic mass is 35.5. The van der Waals surface area contributed by atoms with E-state index in [1.54, 1.807) is 7.05 Å². The Morgan fingerprint density at radius 2 is 2.24 bits per heavy atom. The summed E-state index contributed by atoms with van der Waals surface area (Å²) in [4.78, 5) is 8.62. The molecular formula is C20H28ClN5O3. The normalized spacial score (nSPS) is 16.9. The minimum absolute atomic E-state index is 0.279. The van der Waals surface area contributed by atoms with E-state index in [1.807, 2.05) is 24.3 Å². The molecule has 0 bridgehead atoms. The van der Waals surface area contributed by atoms with E-state index in [-0.39, 0.29) is 6.10 Å². The van der Waals surface area contributed by atoms with Gasteiger partial charge in [-0.1, -0.05) is 28.9 Å². The maximum absolute atomic E-state index is 6.01. The Hall–Kier alpha value is -2.16. The zero-order chi connectivity index (χ0) is 20.3. The van der Waals surface area contributed by atoms with Gasteiger partial charge in [-0.15, -0.1) is 0 Å². The second-order valence-electron chi connectivity index (χ2n) is 6.76. The fourth-order valence-electron chi connectivity index (χ4n) is 2.98. The van der Waals surface area contributed by atoms with Crippen molar-refractivity contribution in [3.63, 3.8) is 0 Å². The smallest absolute Gasteiger partial charge is 0.228 e. The van der Waals surface area contributed by atoms with Crippen LogP contribution < -0.4 is 10.6 Å². The Kier molecular flexibility index (Phi) is 8.73. The van der Waals surface area contributed by atoms with Gasteiger partial charge in [-0.25, -0.2) is 0 Å². The van der Waals surface area contributed by atoms with Gasteiger partial charge in [0.2, 0.25) is 11.7 Å². The monoisotopic (exact) mass is 421 g/mol. The van der Waals surface area contributed by atoms with Gasteiger partial charge >= 0.3 is 0 Å². The van der Waals surface area contributed by atoms with Crippen LogP contribution in [-0.2, 0) is 15.9 Å². The first-order chi connectivity index (χ1) is 14.2. The molecule has 1 aliphatic heterocycles. The molecule has 0 aliphatic carbocycles. The SMILES string of the molecule is CN=C(NCCCOCC1CCCO1)NCCc1nc(-c2cccc(Cl)c2)no1. The summed E-state index contributed by atoms with van der Waals surface area (Å²) in [5, 5.41) is 11.2. The van der Waals surface area contributed by atoms with Crippen molar-refractivity contribution >= 4 is 17.6 Å². The van der Waals surface area contributed by atoms with Crippen LogP contribution in [0.15, 0.2) is 33.8 Å². The van der Waals surface area contributed by atoms with E-state index in [0.29, 0.717) is 42.9 Å². The summed E-state index contributed by atoms with van der Waals surface area (Å²) in [5.74, 6) is 1.83. The van der Waals surface area contributed by atoms with Gasteiger partial charge in [0.15, 0.2) is 5.96 Å². The summed E-state index contributed by atoms with van der Waals surface area (Å²) >= 11 is 6.01. The lowest BCUT2D eigenvalue weighted by Gasteiger charge is -2.12. The van der Waals surface area contributed by atoms with Crippen molar-refractivity contribution in [2.45, 2.75) is 31.8 Å². The average Bonchev–Trinajstić information content (AvgIpc) is 3.41. The van der Waals surface area contributed by atoms with Gasteiger partial charge in [-0.2, -0.15) is 4.98 Å². The highest BCUT2D eigenvalue weighted by Crippen LogP contribution is 2.19. The third-order valence-corrected chi connectivity index (χ3v) is 4.73. The van der Waals surface area contributed by atoms with Crippen LogP contribution in [0.25, 0.3) is 11.4 Å². The highest BCUT2D eigenvalue weighted by molar-refractivity contribution is 6.30. The molecule has 1 unspecified atom stereocenters. The van der Waals surface area contributed by atoms with Crippen molar-refractivity contribution in [2.75, 3.05) is 40.0 Å². The molecule has 1 aliphatic rings. The molecule has 1 aromatic carbocycles. The fraction of sp³-hybridized carbons (Fsp3) is 0.550. The lowest BCUT2D eigenvalue weighted by molar-refractivity contribution is 0.0168. The van der Waals surface area contributed by atoms with Crippen LogP contribution in [0.3, 0.4) is 0 Å². The van der Waals surface area contributed by atoms with Crippen molar-refractivity contribution in [1.29, 1.82) is 0 Å². The maximum atomic E-state index is 6.01. The predicted octanol–water partition coefficient (Wildman–Crippen LogP) is 2.68. The van der Waals surface area contributed by atoms with Gasteiger partial charge in [0, 0.05) is 50.4 Å². The van der Waals surface area contributed by atoms with E-state index in [9.17, 15) is 0 Å². The van der Waals surface area contributed by atoms with Gasteiger partial charge < -0.3 is 24.6 Å². The minimum atomic E-state index is 0.279. The number of benzene rings is 1. The van der Waals surface area contributed by atoms with E-state index in [4.69, 9.17) is 25.6 Å². The van der Waals surface area contributed by atoms with Crippen LogP contribution in [0.2, 0.25) is 5.02 Å². The topological polar surface area (TPSA) is 93.8 Å². The standard InChI is InChI=1S/C20H28ClN5O3/c1-22-20(23-9-4-11-27-14-17-7-3-12-28-17)24-10-8-18-25-19(26-29-18)15-5-2-6-16(21)13-15/h2,5-6,13,17H,3-4,7-12,14H2,1H3,(H2,22,23,24). The summed E-state index contributed by atoms with van der Waals surface area (Å²) in [6.45, 7) is 3.67. The van der Waals surface area contributed by atoms with Gasteiger partial charge in [0.25, 0.3) is 0 Å². The number of nitrogens with one attached hydrogen (secondary N) is 2. The number of ether oxygens (including phenoxy) is 2. The molecule has 29 heavy (non-hydrogen) atoms. The molecule has 0 saturated carbocycles. The molecule has 8 nitrogen and oxygen atoms in total. The molecule has 0 spiro atoms. The number of halogens is 1. The lowest BCUT2D eigenvalue weighted by Crippen LogP contribution is -2.39. The number of nitrogens with zero attached hydrogens (tertiary/aromatic N) is 3. The fourth-order valence-corrected chi connectivity index (χ4v) is 3.17. The molecule has 1 fully saturated rings. The molecular weight excluding hydrogens is 394 g/mol. The molecule has 0 amide bonds. The van der Waals surface area contributed by atoms with Crippen molar-refractivity contribution in [3.8, 4) is 11.4 Å². The van der Waals surface area contributed by atoms with Gasteiger partial charge in [0.1, 0.15) is 0 Å². The van der Waals surface area contributed by atoms with Crippen LogP contribution in [0.5, 0.6) is 0 Å². The first-order valence-corrected chi connectivity index (χ1v) is 10.3. The summed E-state index contributed by atoms with van der Waals surface area (Å²) in [7, 11) is 1.74.